The van der Waals surface area contributed by atoms with Gasteiger partial charge in [-0.3, -0.25) is 14.5 Å². The van der Waals surface area contributed by atoms with Crippen molar-refractivity contribution in [3.8, 4) is 0 Å². The van der Waals surface area contributed by atoms with Gasteiger partial charge in [0.1, 0.15) is 0 Å². The molecule has 1 atom stereocenters. The van der Waals surface area contributed by atoms with E-state index in [-0.39, 0.29) is 42.3 Å². The highest BCUT2D eigenvalue weighted by Gasteiger charge is 2.43. The van der Waals surface area contributed by atoms with E-state index in [0.29, 0.717) is 11.4 Å². The van der Waals surface area contributed by atoms with E-state index in [1.165, 1.54) is 0 Å². The minimum atomic E-state index is -0.736. The predicted molar refractivity (Wildman–Crippen MR) is 98.4 cm³/mol. The molecule has 0 aliphatic carbocycles. The molecule has 1 aromatic heterocycles. The summed E-state index contributed by atoms with van der Waals surface area (Å²) in [5.41, 5.74) is 2.19. The van der Waals surface area contributed by atoms with Crippen LogP contribution in [0.1, 0.15) is 11.7 Å². The van der Waals surface area contributed by atoms with E-state index in [1.807, 2.05) is 89.6 Å². The number of amides is 2. The molecule has 1 aliphatic heterocycles. The lowest BCUT2D eigenvalue weighted by Crippen LogP contribution is -3.00. The zero-order valence-corrected chi connectivity index (χ0v) is 16.6. The number of nitrogens with one attached hydrogen (secondary N) is 1. The zero-order valence-electron chi connectivity index (χ0n) is 14.5. The highest BCUT2D eigenvalue weighted by Crippen LogP contribution is 2.29. The molecule has 0 saturated carbocycles. The van der Waals surface area contributed by atoms with Gasteiger partial charge in [0.05, 0.1) is 0 Å². The number of fused-ring (bicyclic) bond motifs is 1. The number of hydrogen-bond acceptors (Lipinski definition) is 2. The van der Waals surface area contributed by atoms with Crippen LogP contribution in [0.4, 0.5) is 11.4 Å². The third-order valence-electron chi connectivity index (χ3n) is 4.41. The molecule has 0 spiro atoms. The maximum Gasteiger partial charge on any atom is 0.294 e. The fourth-order valence-corrected chi connectivity index (χ4v) is 3.25. The molecule has 0 bridgehead atoms. The number of carbonyl (C=O) groups excluding carboxylic acids is 2. The first-order valence-corrected chi connectivity index (χ1v) is 8.45. The second kappa shape index (κ2) is 8.30. The number of aromatic nitrogens is 1. The molecule has 2 heterocycles. The minimum absolute atomic E-state index is 0. The van der Waals surface area contributed by atoms with Crippen LogP contribution in [0.15, 0.2) is 85.1 Å². The summed E-state index contributed by atoms with van der Waals surface area (Å²) in [6.45, 7) is 0.209. The van der Waals surface area contributed by atoms with Gasteiger partial charge in [0.2, 0.25) is 18.3 Å². The summed E-state index contributed by atoms with van der Waals surface area (Å²) in [4.78, 5) is 27.6. The summed E-state index contributed by atoms with van der Waals surface area (Å²) in [6.07, 6.45) is 1.83. The Bertz CT molecular complexity index is 948. The van der Waals surface area contributed by atoms with Gasteiger partial charge in [-0.05, 0) is 24.3 Å². The zero-order chi connectivity index (χ0) is 17.9. The van der Waals surface area contributed by atoms with Crippen LogP contribution in [0.3, 0.4) is 0 Å². The van der Waals surface area contributed by atoms with Crippen LogP contribution in [0.2, 0.25) is 0 Å². The Kier molecular flexibility index (Phi) is 5.85. The van der Waals surface area contributed by atoms with Gasteiger partial charge in [0.15, 0.2) is 6.20 Å². The Balaban J connectivity index is 0.00000210. The lowest BCUT2D eigenvalue weighted by molar-refractivity contribution is -0.695. The molecule has 1 aliphatic rings. The number of anilines is 2. The second-order valence-electron chi connectivity index (χ2n) is 6.11. The van der Waals surface area contributed by atoms with Crippen molar-refractivity contribution in [2.45, 2.75) is 12.6 Å². The highest BCUT2D eigenvalue weighted by atomic mass is 127. The predicted octanol–water partition coefficient (Wildman–Crippen LogP) is -0.295. The van der Waals surface area contributed by atoms with Crippen molar-refractivity contribution in [1.82, 2.24) is 0 Å². The van der Waals surface area contributed by atoms with Crippen LogP contribution in [0.5, 0.6) is 0 Å². The lowest BCUT2D eigenvalue weighted by atomic mass is 10.0. The van der Waals surface area contributed by atoms with Crippen LogP contribution in [0, 0.1) is 0 Å². The first-order chi connectivity index (χ1) is 12.7. The summed E-state index contributed by atoms with van der Waals surface area (Å²) >= 11 is 0. The number of nitrogens with zero attached hydrogens (tertiary/aromatic N) is 2. The Morgan fingerprint density at radius 3 is 2.26 bits per heavy atom. The highest BCUT2D eigenvalue weighted by molar-refractivity contribution is 6.05. The molecule has 2 amide bonds. The fourth-order valence-electron chi connectivity index (χ4n) is 3.25. The van der Waals surface area contributed by atoms with Crippen LogP contribution in [-0.2, 0) is 16.1 Å². The number of hydrogen-bond donors (Lipinski definition) is 1. The third kappa shape index (κ3) is 3.85. The van der Waals surface area contributed by atoms with E-state index >= 15 is 0 Å². The van der Waals surface area contributed by atoms with Crippen molar-refractivity contribution in [1.29, 1.82) is 0 Å². The van der Waals surface area contributed by atoms with Gasteiger partial charge in [-0.25, -0.2) is 0 Å². The largest absolute Gasteiger partial charge is 1.00 e. The van der Waals surface area contributed by atoms with Gasteiger partial charge in [-0.15, -0.1) is 0 Å². The van der Waals surface area contributed by atoms with E-state index in [9.17, 15) is 9.59 Å². The van der Waals surface area contributed by atoms with Crippen molar-refractivity contribution in [3.63, 3.8) is 0 Å². The number of halogens is 1. The molecule has 4 rings (SSSR count). The van der Waals surface area contributed by atoms with Crippen molar-refractivity contribution in [3.05, 3.63) is 90.8 Å². The number of carbonyl (C=O) groups is 2. The smallest absolute Gasteiger partial charge is 0.294 e. The van der Waals surface area contributed by atoms with Gasteiger partial charge >= 0.3 is 0 Å². The summed E-state index contributed by atoms with van der Waals surface area (Å²) in [5, 5.41) is 2.93. The SMILES string of the molecule is O=C(Nc1ccccc1)C1c2cccc[n+]2CC(=O)N1c1ccccc1.[I-]. The molecule has 27 heavy (non-hydrogen) atoms. The first kappa shape index (κ1) is 19.0. The topological polar surface area (TPSA) is 53.3 Å². The lowest BCUT2D eigenvalue weighted by Gasteiger charge is -2.32. The molecule has 0 radical (unpaired) electrons. The summed E-state index contributed by atoms with van der Waals surface area (Å²) in [5.74, 6) is -0.360. The quantitative estimate of drug-likeness (QED) is 0.422. The molecule has 136 valence electrons. The molecule has 1 unspecified atom stereocenters. The maximum atomic E-state index is 13.1. The molecule has 3 aromatic rings. The van der Waals surface area contributed by atoms with Crippen LogP contribution in [0.25, 0.3) is 0 Å². The fraction of sp³-hybridized carbons (Fsp3) is 0.0952. The Morgan fingerprint density at radius 1 is 0.926 bits per heavy atom. The molecule has 1 N–H and O–H groups in total. The Hall–Kier alpha value is -2.74. The normalized spacial score (nSPS) is 15.5. The second-order valence-corrected chi connectivity index (χ2v) is 6.11. The van der Waals surface area contributed by atoms with E-state index in [1.54, 1.807) is 4.90 Å². The molecule has 0 saturated heterocycles. The third-order valence-corrected chi connectivity index (χ3v) is 4.41. The monoisotopic (exact) mass is 471 g/mol. The molecule has 6 heteroatoms. The maximum absolute atomic E-state index is 13.1. The Morgan fingerprint density at radius 2 is 1.56 bits per heavy atom. The van der Waals surface area contributed by atoms with E-state index in [4.69, 9.17) is 0 Å². The molecule has 0 fully saturated rings. The molecular formula is C21H18IN3O2. The van der Waals surface area contributed by atoms with E-state index < -0.39 is 6.04 Å². The summed E-state index contributed by atoms with van der Waals surface area (Å²) in [6, 6.07) is 23.5. The van der Waals surface area contributed by atoms with Crippen LogP contribution < -0.4 is 38.8 Å². The van der Waals surface area contributed by atoms with Gasteiger partial charge in [0, 0.05) is 23.5 Å². The molecule has 2 aromatic carbocycles. The van der Waals surface area contributed by atoms with Gasteiger partial charge in [-0.2, -0.15) is 4.57 Å². The van der Waals surface area contributed by atoms with Crippen molar-refractivity contribution >= 4 is 23.2 Å². The van der Waals surface area contributed by atoms with Crippen molar-refractivity contribution < 1.29 is 38.1 Å². The van der Waals surface area contributed by atoms with Crippen LogP contribution in [-0.4, -0.2) is 11.8 Å². The standard InChI is InChI=1S/C21H17N3O2.HI/c25-19-15-23-14-8-7-13-18(23)20(24(19)17-11-5-2-6-12-17)21(26)22-16-9-3-1-4-10-16;/h1-14,20H,15H2;1H. The van der Waals surface area contributed by atoms with Crippen molar-refractivity contribution in [2.24, 2.45) is 0 Å². The number of pyridine rings is 1. The average molecular weight is 471 g/mol. The minimum Gasteiger partial charge on any atom is -1.00 e. The van der Waals surface area contributed by atoms with Crippen molar-refractivity contribution in [2.75, 3.05) is 10.2 Å². The van der Waals surface area contributed by atoms with E-state index in [0.717, 1.165) is 5.69 Å². The van der Waals surface area contributed by atoms with Gasteiger partial charge in [-0.1, -0.05) is 42.5 Å². The number of benzene rings is 2. The Labute approximate surface area is 174 Å². The molecule has 5 nitrogen and oxygen atoms in total. The molecular weight excluding hydrogens is 453 g/mol. The van der Waals surface area contributed by atoms with E-state index in [2.05, 4.69) is 5.32 Å². The van der Waals surface area contributed by atoms with Gasteiger partial charge in [0.25, 0.3) is 11.8 Å². The summed E-state index contributed by atoms with van der Waals surface area (Å²) in [7, 11) is 0. The van der Waals surface area contributed by atoms with Gasteiger partial charge < -0.3 is 29.3 Å². The number of rotatable bonds is 3. The summed E-state index contributed by atoms with van der Waals surface area (Å²) < 4.78 is 1.83. The average Bonchev–Trinajstić information content (AvgIpc) is 2.68. The van der Waals surface area contributed by atoms with Crippen LogP contribution >= 0.6 is 0 Å². The number of para-hydroxylation sites is 2. The first-order valence-electron chi connectivity index (χ1n) is 8.45.